The first-order valence-electron chi connectivity index (χ1n) is 8.78. The van der Waals surface area contributed by atoms with Crippen molar-refractivity contribution in [3.05, 3.63) is 0 Å². The molecule has 0 aromatic heterocycles. The van der Waals surface area contributed by atoms with Crippen molar-refractivity contribution in [2.24, 2.45) is 27.9 Å². The van der Waals surface area contributed by atoms with Gasteiger partial charge in [0.2, 0.25) is 23.6 Å². The summed E-state index contributed by atoms with van der Waals surface area (Å²) in [5.41, 5.74) is 21.1. The van der Waals surface area contributed by atoms with Gasteiger partial charge in [0, 0.05) is 6.54 Å². The lowest BCUT2D eigenvalue weighted by Crippen LogP contribution is -2.54. The zero-order valence-electron chi connectivity index (χ0n) is 16.2. The topological polar surface area (TPSA) is 278 Å². The van der Waals surface area contributed by atoms with E-state index in [1.165, 1.54) is 0 Å². The first kappa shape index (κ1) is 26.5. The minimum Gasteiger partial charge on any atom is -0.480 e. The normalized spacial score (nSPS) is 13.3. The standard InChI is InChI=1S/C15H28N8O7/c16-7(2-1-3-20-15(18)19)12(27)23-8(4-10(17)25)13(28)21-5-11(26)22-9(6-24)14(29)30/h7-9,24H,1-6,16H2,(H2,17,25)(H,21,28)(H,22,26)(H,23,27)(H,29,30)(H4,18,19,20)/t7-,8-,9-/m0/s1. The highest BCUT2D eigenvalue weighted by Crippen LogP contribution is 1.99. The summed E-state index contributed by atoms with van der Waals surface area (Å²) in [7, 11) is 0. The van der Waals surface area contributed by atoms with E-state index < -0.39 is 67.3 Å². The number of guanidine groups is 1. The minimum atomic E-state index is -1.55. The molecular formula is C15H28N8O7. The van der Waals surface area contributed by atoms with Gasteiger partial charge in [-0.1, -0.05) is 0 Å². The fourth-order valence-electron chi connectivity index (χ4n) is 2.06. The molecule has 30 heavy (non-hydrogen) atoms. The van der Waals surface area contributed by atoms with E-state index in [1.807, 2.05) is 5.32 Å². The molecule has 0 fully saturated rings. The highest BCUT2D eigenvalue weighted by atomic mass is 16.4. The van der Waals surface area contributed by atoms with Crippen LogP contribution in [0.3, 0.4) is 0 Å². The van der Waals surface area contributed by atoms with Crippen LogP contribution in [-0.4, -0.2) is 83.6 Å². The van der Waals surface area contributed by atoms with E-state index >= 15 is 0 Å². The number of rotatable bonds is 14. The Labute approximate surface area is 171 Å². The van der Waals surface area contributed by atoms with Gasteiger partial charge in [-0.05, 0) is 12.8 Å². The van der Waals surface area contributed by atoms with Crippen LogP contribution in [-0.2, 0) is 24.0 Å². The number of hydrogen-bond acceptors (Lipinski definition) is 8. The third-order valence-electron chi connectivity index (χ3n) is 3.58. The lowest BCUT2D eigenvalue weighted by molar-refractivity contribution is -0.143. The van der Waals surface area contributed by atoms with E-state index in [0.717, 1.165) is 0 Å². The van der Waals surface area contributed by atoms with Crippen molar-refractivity contribution < 1.29 is 34.2 Å². The second kappa shape index (κ2) is 13.7. The number of aliphatic hydroxyl groups is 1. The summed E-state index contributed by atoms with van der Waals surface area (Å²) >= 11 is 0. The third-order valence-corrected chi connectivity index (χ3v) is 3.58. The maximum Gasteiger partial charge on any atom is 0.328 e. The number of amides is 4. The van der Waals surface area contributed by atoms with Gasteiger partial charge in [-0.15, -0.1) is 0 Å². The number of aliphatic imine (C=N–C) groups is 1. The number of carbonyl (C=O) groups excluding carboxylic acids is 4. The Morgan fingerprint density at radius 2 is 1.60 bits per heavy atom. The van der Waals surface area contributed by atoms with Crippen molar-refractivity contribution in [3.8, 4) is 0 Å². The van der Waals surface area contributed by atoms with Crippen LogP contribution in [0.1, 0.15) is 19.3 Å². The number of nitrogens with one attached hydrogen (secondary N) is 3. The summed E-state index contributed by atoms with van der Waals surface area (Å²) in [6, 6.07) is -3.97. The number of primary amides is 1. The Morgan fingerprint density at radius 1 is 0.967 bits per heavy atom. The van der Waals surface area contributed by atoms with Crippen molar-refractivity contribution in [2.45, 2.75) is 37.4 Å². The average Bonchev–Trinajstić information content (AvgIpc) is 2.65. The lowest BCUT2D eigenvalue weighted by atomic mass is 10.1. The molecule has 4 amide bonds. The number of carboxylic acids is 1. The molecule has 0 bridgehead atoms. The third kappa shape index (κ3) is 11.4. The summed E-state index contributed by atoms with van der Waals surface area (Å²) in [6.45, 7) is -1.27. The van der Waals surface area contributed by atoms with Crippen LogP contribution >= 0.6 is 0 Å². The Balaban J connectivity index is 4.74. The number of aliphatic carboxylic acids is 1. The van der Waals surface area contributed by atoms with Gasteiger partial charge in [0.25, 0.3) is 0 Å². The number of hydrogen-bond donors (Lipinski definition) is 9. The Bertz CT molecular complexity index is 665. The predicted octanol–water partition coefficient (Wildman–Crippen LogP) is -5.59. The van der Waals surface area contributed by atoms with Crippen molar-refractivity contribution in [2.75, 3.05) is 19.7 Å². The molecule has 0 aliphatic rings. The zero-order chi connectivity index (χ0) is 23.3. The molecule has 0 heterocycles. The molecule has 0 unspecified atom stereocenters. The van der Waals surface area contributed by atoms with Gasteiger partial charge < -0.3 is 49.1 Å². The largest absolute Gasteiger partial charge is 0.480 e. The maximum absolute atomic E-state index is 12.2. The molecular weight excluding hydrogens is 404 g/mol. The van der Waals surface area contributed by atoms with Gasteiger partial charge in [-0.25, -0.2) is 4.79 Å². The van der Waals surface area contributed by atoms with Gasteiger partial charge in [0.05, 0.1) is 25.6 Å². The fraction of sp³-hybridized carbons (Fsp3) is 0.600. The van der Waals surface area contributed by atoms with Crippen LogP contribution in [0.4, 0.5) is 0 Å². The molecule has 15 nitrogen and oxygen atoms in total. The first-order chi connectivity index (χ1) is 14.0. The second-order valence-electron chi connectivity index (χ2n) is 6.15. The summed E-state index contributed by atoms with van der Waals surface area (Å²) < 4.78 is 0. The Hall–Kier alpha value is -3.46. The van der Waals surface area contributed by atoms with Crippen LogP contribution < -0.4 is 38.9 Å². The minimum absolute atomic E-state index is 0.107. The van der Waals surface area contributed by atoms with Crippen molar-refractivity contribution in [1.82, 2.24) is 16.0 Å². The number of aliphatic hydroxyl groups excluding tert-OH is 1. The molecule has 0 rings (SSSR count). The molecule has 0 saturated heterocycles. The van der Waals surface area contributed by atoms with E-state index in [1.54, 1.807) is 0 Å². The van der Waals surface area contributed by atoms with Crippen molar-refractivity contribution in [1.29, 1.82) is 0 Å². The average molecular weight is 432 g/mol. The van der Waals surface area contributed by atoms with E-state index in [-0.39, 0.29) is 18.9 Å². The molecule has 0 spiro atoms. The van der Waals surface area contributed by atoms with Gasteiger partial charge in [0.1, 0.15) is 12.1 Å². The van der Waals surface area contributed by atoms with Crippen LogP contribution in [0.15, 0.2) is 4.99 Å². The summed E-state index contributed by atoms with van der Waals surface area (Å²) in [5.74, 6) is -5.04. The Morgan fingerprint density at radius 3 is 2.10 bits per heavy atom. The van der Waals surface area contributed by atoms with E-state index in [2.05, 4.69) is 15.6 Å². The van der Waals surface area contributed by atoms with E-state index in [4.69, 9.17) is 33.1 Å². The fourth-order valence-corrected chi connectivity index (χ4v) is 2.06. The molecule has 0 aromatic rings. The molecule has 15 heteroatoms. The zero-order valence-corrected chi connectivity index (χ0v) is 16.2. The number of carbonyl (C=O) groups is 5. The van der Waals surface area contributed by atoms with Gasteiger partial charge in [-0.3, -0.25) is 24.2 Å². The van der Waals surface area contributed by atoms with Crippen LogP contribution in [0, 0.1) is 0 Å². The van der Waals surface area contributed by atoms with Crippen LogP contribution in [0.5, 0.6) is 0 Å². The van der Waals surface area contributed by atoms with Gasteiger partial charge >= 0.3 is 5.97 Å². The Kier molecular flexibility index (Phi) is 12.1. The van der Waals surface area contributed by atoms with Crippen molar-refractivity contribution in [3.63, 3.8) is 0 Å². The predicted molar refractivity (Wildman–Crippen MR) is 103 cm³/mol. The smallest absolute Gasteiger partial charge is 0.328 e. The monoisotopic (exact) mass is 432 g/mol. The molecule has 0 aliphatic carbocycles. The van der Waals surface area contributed by atoms with Crippen LogP contribution in [0.25, 0.3) is 0 Å². The molecule has 170 valence electrons. The molecule has 3 atom stereocenters. The van der Waals surface area contributed by atoms with Gasteiger partial charge in [0.15, 0.2) is 5.96 Å². The maximum atomic E-state index is 12.2. The van der Waals surface area contributed by atoms with Gasteiger partial charge in [-0.2, -0.15) is 0 Å². The van der Waals surface area contributed by atoms with E-state index in [9.17, 15) is 24.0 Å². The van der Waals surface area contributed by atoms with E-state index in [0.29, 0.717) is 6.42 Å². The molecule has 0 radical (unpaired) electrons. The molecule has 0 saturated carbocycles. The molecule has 13 N–H and O–H groups in total. The molecule has 0 aliphatic heterocycles. The summed E-state index contributed by atoms with van der Waals surface area (Å²) in [5, 5.41) is 24.0. The summed E-state index contributed by atoms with van der Waals surface area (Å²) in [6.07, 6.45) is 0.0108. The molecule has 0 aromatic carbocycles. The lowest BCUT2D eigenvalue weighted by Gasteiger charge is -2.20. The number of carboxylic acid groups (broad SMARTS) is 1. The SMILES string of the molecule is NC(=O)C[C@H](NC(=O)[C@@H](N)CCCN=C(N)N)C(=O)NCC(=O)N[C@@H](CO)C(=O)O. The highest BCUT2D eigenvalue weighted by Gasteiger charge is 2.26. The van der Waals surface area contributed by atoms with Crippen LogP contribution in [0.2, 0.25) is 0 Å². The number of nitrogens with zero attached hydrogens (tertiary/aromatic N) is 1. The first-order valence-corrected chi connectivity index (χ1v) is 8.78. The second-order valence-corrected chi connectivity index (χ2v) is 6.15. The highest BCUT2D eigenvalue weighted by molar-refractivity contribution is 5.95. The number of nitrogens with two attached hydrogens (primary N) is 4. The quantitative estimate of drug-likeness (QED) is 0.0712. The summed E-state index contributed by atoms with van der Waals surface area (Å²) in [4.78, 5) is 61.7. The van der Waals surface area contributed by atoms with Crippen molar-refractivity contribution >= 4 is 35.6 Å².